The van der Waals surface area contributed by atoms with Gasteiger partial charge in [0.2, 0.25) is 0 Å². The Labute approximate surface area is 112 Å². The standard InChI is InChI=1S/C13H20N2O2S/c1-2-15-6-3-4-11(15)9-14-8-10-5-7-18-12(10)13(16)17/h5,7,11,14H,2-4,6,8-9H2,1H3,(H,16,17). The number of hydrogen-bond donors (Lipinski definition) is 2. The van der Waals surface area contributed by atoms with Gasteiger partial charge in [-0.1, -0.05) is 6.92 Å². The molecule has 0 radical (unpaired) electrons. The topological polar surface area (TPSA) is 52.6 Å². The molecule has 0 saturated carbocycles. The summed E-state index contributed by atoms with van der Waals surface area (Å²) < 4.78 is 0. The first kappa shape index (κ1) is 13.5. The maximum absolute atomic E-state index is 11.0. The third kappa shape index (κ3) is 3.10. The summed E-state index contributed by atoms with van der Waals surface area (Å²) in [4.78, 5) is 13.9. The molecule has 0 bridgehead atoms. The molecule has 1 fully saturated rings. The van der Waals surface area contributed by atoms with Gasteiger partial charge in [0, 0.05) is 19.1 Å². The van der Waals surface area contributed by atoms with E-state index in [1.807, 2.05) is 11.4 Å². The number of likely N-dealkylation sites (tertiary alicyclic amines) is 1. The maximum atomic E-state index is 11.0. The van der Waals surface area contributed by atoms with Crippen LogP contribution in [0.3, 0.4) is 0 Å². The minimum absolute atomic E-state index is 0.460. The second-order valence-corrected chi connectivity index (χ2v) is 5.55. The predicted molar refractivity (Wildman–Crippen MR) is 73.3 cm³/mol. The van der Waals surface area contributed by atoms with E-state index in [-0.39, 0.29) is 0 Å². The summed E-state index contributed by atoms with van der Waals surface area (Å²) in [6.07, 6.45) is 2.52. The van der Waals surface area contributed by atoms with Crippen molar-refractivity contribution in [1.82, 2.24) is 10.2 Å². The van der Waals surface area contributed by atoms with Gasteiger partial charge >= 0.3 is 5.97 Å². The van der Waals surface area contributed by atoms with Gasteiger partial charge < -0.3 is 10.4 Å². The van der Waals surface area contributed by atoms with Gasteiger partial charge in [0.25, 0.3) is 0 Å². The molecule has 0 aliphatic carbocycles. The molecule has 18 heavy (non-hydrogen) atoms. The average Bonchev–Trinajstić information content (AvgIpc) is 2.97. The monoisotopic (exact) mass is 268 g/mol. The van der Waals surface area contributed by atoms with Crippen LogP contribution in [-0.2, 0) is 6.54 Å². The lowest BCUT2D eigenvalue weighted by Crippen LogP contribution is -2.37. The molecular formula is C13H20N2O2S. The quantitative estimate of drug-likeness (QED) is 0.829. The third-order valence-electron chi connectivity index (χ3n) is 3.54. The van der Waals surface area contributed by atoms with Gasteiger partial charge in [-0.25, -0.2) is 4.79 Å². The number of carboxylic acids is 1. The fraction of sp³-hybridized carbons (Fsp3) is 0.615. The van der Waals surface area contributed by atoms with Crippen LogP contribution in [0.5, 0.6) is 0 Å². The second-order valence-electron chi connectivity index (χ2n) is 4.64. The first-order valence-electron chi connectivity index (χ1n) is 6.46. The summed E-state index contributed by atoms with van der Waals surface area (Å²) in [5, 5.41) is 14.3. The molecule has 4 nitrogen and oxygen atoms in total. The van der Waals surface area contributed by atoms with Gasteiger partial charge in [0.05, 0.1) is 0 Å². The lowest BCUT2D eigenvalue weighted by molar-refractivity contribution is 0.0701. The maximum Gasteiger partial charge on any atom is 0.346 e. The SMILES string of the molecule is CCN1CCCC1CNCc1ccsc1C(=O)O. The number of nitrogens with zero attached hydrogens (tertiary/aromatic N) is 1. The van der Waals surface area contributed by atoms with Crippen molar-refractivity contribution in [3.63, 3.8) is 0 Å². The van der Waals surface area contributed by atoms with Crippen LogP contribution in [0, 0.1) is 0 Å². The van der Waals surface area contributed by atoms with Crippen molar-refractivity contribution in [3.05, 3.63) is 21.9 Å². The Morgan fingerprint density at radius 3 is 3.22 bits per heavy atom. The van der Waals surface area contributed by atoms with E-state index in [4.69, 9.17) is 5.11 Å². The highest BCUT2D eigenvalue weighted by Gasteiger charge is 2.22. The van der Waals surface area contributed by atoms with Crippen molar-refractivity contribution in [1.29, 1.82) is 0 Å². The predicted octanol–water partition coefficient (Wildman–Crippen LogP) is 2.02. The molecule has 1 aromatic rings. The zero-order chi connectivity index (χ0) is 13.0. The molecule has 2 rings (SSSR count). The Morgan fingerprint density at radius 1 is 1.67 bits per heavy atom. The van der Waals surface area contributed by atoms with Crippen LogP contribution in [0.1, 0.15) is 35.0 Å². The fourth-order valence-electron chi connectivity index (χ4n) is 2.58. The number of hydrogen-bond acceptors (Lipinski definition) is 4. The number of nitrogens with one attached hydrogen (secondary N) is 1. The minimum atomic E-state index is -0.821. The first-order valence-corrected chi connectivity index (χ1v) is 7.34. The first-order chi connectivity index (χ1) is 8.72. The van der Waals surface area contributed by atoms with E-state index in [9.17, 15) is 4.79 Å². The Balaban J connectivity index is 1.81. The van der Waals surface area contributed by atoms with Crippen LogP contribution in [0.15, 0.2) is 11.4 Å². The number of aromatic carboxylic acids is 1. The van der Waals surface area contributed by atoms with Crippen molar-refractivity contribution in [2.45, 2.75) is 32.4 Å². The summed E-state index contributed by atoms with van der Waals surface area (Å²) in [7, 11) is 0. The summed E-state index contributed by atoms with van der Waals surface area (Å²) in [6.45, 7) is 6.09. The number of carbonyl (C=O) groups is 1. The number of carboxylic acid groups (broad SMARTS) is 1. The Kier molecular flexibility index (Phi) is 4.74. The summed E-state index contributed by atoms with van der Waals surface area (Å²) in [5.74, 6) is -0.821. The van der Waals surface area contributed by atoms with Crippen LogP contribution >= 0.6 is 11.3 Å². The van der Waals surface area contributed by atoms with Crippen LogP contribution < -0.4 is 5.32 Å². The molecule has 1 aromatic heterocycles. The normalized spacial score (nSPS) is 20.4. The summed E-state index contributed by atoms with van der Waals surface area (Å²) >= 11 is 1.30. The van der Waals surface area contributed by atoms with Gasteiger partial charge in [-0.15, -0.1) is 11.3 Å². The number of likely N-dealkylation sites (N-methyl/N-ethyl adjacent to an activating group) is 1. The largest absolute Gasteiger partial charge is 0.477 e. The fourth-order valence-corrected chi connectivity index (χ4v) is 3.34. The van der Waals surface area contributed by atoms with E-state index in [1.165, 1.54) is 30.7 Å². The number of rotatable bonds is 6. The molecular weight excluding hydrogens is 248 g/mol. The van der Waals surface area contributed by atoms with E-state index in [0.717, 1.165) is 18.7 Å². The molecule has 0 spiro atoms. The van der Waals surface area contributed by atoms with E-state index in [2.05, 4.69) is 17.1 Å². The molecule has 0 amide bonds. The van der Waals surface area contributed by atoms with Gasteiger partial charge in [-0.2, -0.15) is 0 Å². The van der Waals surface area contributed by atoms with E-state index in [1.54, 1.807) is 0 Å². The number of thiophene rings is 1. The van der Waals surface area contributed by atoms with Gasteiger partial charge in [0.15, 0.2) is 0 Å². The highest BCUT2D eigenvalue weighted by Crippen LogP contribution is 2.18. The van der Waals surface area contributed by atoms with Crippen molar-refractivity contribution in [3.8, 4) is 0 Å². The van der Waals surface area contributed by atoms with E-state index in [0.29, 0.717) is 17.5 Å². The minimum Gasteiger partial charge on any atom is -0.477 e. The molecule has 1 aliphatic heterocycles. The van der Waals surface area contributed by atoms with Crippen LogP contribution in [-0.4, -0.2) is 41.7 Å². The summed E-state index contributed by atoms with van der Waals surface area (Å²) in [5.41, 5.74) is 0.897. The molecule has 2 heterocycles. The highest BCUT2D eigenvalue weighted by molar-refractivity contribution is 7.12. The Hall–Kier alpha value is -0.910. The van der Waals surface area contributed by atoms with Crippen LogP contribution in [0.4, 0.5) is 0 Å². The van der Waals surface area contributed by atoms with E-state index >= 15 is 0 Å². The molecule has 2 N–H and O–H groups in total. The molecule has 1 unspecified atom stereocenters. The van der Waals surface area contributed by atoms with Crippen molar-refractivity contribution in [2.75, 3.05) is 19.6 Å². The molecule has 100 valence electrons. The van der Waals surface area contributed by atoms with E-state index < -0.39 is 5.97 Å². The molecule has 0 aromatic carbocycles. The molecule has 5 heteroatoms. The Bertz CT molecular complexity index is 405. The zero-order valence-electron chi connectivity index (χ0n) is 10.7. The Morgan fingerprint density at radius 2 is 2.50 bits per heavy atom. The van der Waals surface area contributed by atoms with Crippen molar-refractivity contribution in [2.24, 2.45) is 0 Å². The van der Waals surface area contributed by atoms with Crippen LogP contribution in [0.2, 0.25) is 0 Å². The van der Waals surface area contributed by atoms with Crippen molar-refractivity contribution < 1.29 is 9.90 Å². The molecule has 1 atom stereocenters. The lowest BCUT2D eigenvalue weighted by atomic mass is 10.2. The van der Waals surface area contributed by atoms with Gasteiger partial charge in [-0.3, -0.25) is 4.90 Å². The van der Waals surface area contributed by atoms with Gasteiger partial charge in [-0.05, 0) is 42.9 Å². The smallest absolute Gasteiger partial charge is 0.346 e. The summed E-state index contributed by atoms with van der Waals surface area (Å²) in [6, 6.07) is 2.51. The average molecular weight is 268 g/mol. The highest BCUT2D eigenvalue weighted by atomic mass is 32.1. The van der Waals surface area contributed by atoms with Crippen molar-refractivity contribution >= 4 is 17.3 Å². The lowest BCUT2D eigenvalue weighted by Gasteiger charge is -2.22. The zero-order valence-corrected chi connectivity index (χ0v) is 11.5. The van der Waals surface area contributed by atoms with Gasteiger partial charge in [0.1, 0.15) is 4.88 Å². The second kappa shape index (κ2) is 6.31. The third-order valence-corrected chi connectivity index (χ3v) is 4.49. The van der Waals surface area contributed by atoms with Crippen LogP contribution in [0.25, 0.3) is 0 Å². The molecule has 1 saturated heterocycles. The molecule has 1 aliphatic rings.